The van der Waals surface area contributed by atoms with Crippen molar-refractivity contribution in [2.75, 3.05) is 19.6 Å². The van der Waals surface area contributed by atoms with Crippen molar-refractivity contribution in [3.8, 4) is 0 Å². The van der Waals surface area contributed by atoms with Gasteiger partial charge in [0.15, 0.2) is 0 Å². The summed E-state index contributed by atoms with van der Waals surface area (Å²) in [5.41, 5.74) is 2.68. The Balaban J connectivity index is 1.69. The molecule has 0 unspecified atom stereocenters. The van der Waals surface area contributed by atoms with Gasteiger partial charge in [-0.2, -0.15) is 0 Å². The van der Waals surface area contributed by atoms with Crippen molar-refractivity contribution in [1.29, 1.82) is 0 Å². The van der Waals surface area contributed by atoms with Gasteiger partial charge in [-0.1, -0.05) is 25.7 Å². The van der Waals surface area contributed by atoms with Crippen molar-refractivity contribution in [3.05, 3.63) is 29.1 Å². The van der Waals surface area contributed by atoms with Gasteiger partial charge in [-0.15, -0.1) is 0 Å². The van der Waals surface area contributed by atoms with Gasteiger partial charge in [-0.25, -0.2) is 0 Å². The van der Waals surface area contributed by atoms with E-state index in [1.54, 1.807) is 0 Å². The van der Waals surface area contributed by atoms with Crippen LogP contribution in [0.1, 0.15) is 73.1 Å². The zero-order chi connectivity index (χ0) is 17.0. The van der Waals surface area contributed by atoms with Crippen LogP contribution in [-0.4, -0.2) is 41.0 Å². The molecule has 24 heavy (non-hydrogen) atoms. The Labute approximate surface area is 146 Å². The highest BCUT2D eigenvalue weighted by atomic mass is 16.1. The maximum Gasteiger partial charge on any atom is 0.253 e. The molecule has 3 rings (SSSR count). The topological polar surface area (TPSA) is 45.2 Å². The predicted molar refractivity (Wildman–Crippen MR) is 97.3 cm³/mol. The fourth-order valence-corrected chi connectivity index (χ4v) is 4.45. The zero-order valence-corrected chi connectivity index (χ0v) is 15.2. The Bertz CT molecular complexity index is 572. The molecule has 1 aromatic rings. The van der Waals surface area contributed by atoms with E-state index in [4.69, 9.17) is 0 Å². The molecule has 2 heterocycles. The molecule has 132 valence electrons. The van der Waals surface area contributed by atoms with Gasteiger partial charge in [0.2, 0.25) is 0 Å². The third kappa shape index (κ3) is 3.80. The first kappa shape index (κ1) is 17.4. The number of nitrogens with one attached hydrogen (secondary N) is 1. The van der Waals surface area contributed by atoms with E-state index < -0.39 is 0 Å². The molecule has 1 amide bonds. The third-order valence-corrected chi connectivity index (χ3v) is 5.86. The average molecular weight is 329 g/mol. The van der Waals surface area contributed by atoms with Gasteiger partial charge in [0.1, 0.15) is 0 Å². The van der Waals surface area contributed by atoms with Crippen molar-refractivity contribution in [2.24, 2.45) is 0 Å². The predicted octanol–water partition coefficient (Wildman–Crippen LogP) is 3.62. The molecule has 2 aliphatic rings. The number of carbonyl (C=O) groups is 1. The van der Waals surface area contributed by atoms with Crippen LogP contribution in [0.5, 0.6) is 0 Å². The summed E-state index contributed by atoms with van der Waals surface area (Å²) in [6.45, 7) is 7.05. The Kier molecular flexibility index (Phi) is 5.54. The zero-order valence-electron chi connectivity index (χ0n) is 15.2. The highest BCUT2D eigenvalue weighted by Crippen LogP contribution is 2.35. The molecular weight excluding hydrogens is 298 g/mol. The number of likely N-dealkylation sites (tertiary alicyclic amines) is 1. The van der Waals surface area contributed by atoms with Crippen LogP contribution in [0.2, 0.25) is 0 Å². The van der Waals surface area contributed by atoms with Gasteiger partial charge in [0, 0.05) is 17.8 Å². The summed E-state index contributed by atoms with van der Waals surface area (Å²) < 4.78 is 0. The van der Waals surface area contributed by atoms with Crippen molar-refractivity contribution in [1.82, 2.24) is 15.2 Å². The van der Waals surface area contributed by atoms with Crippen LogP contribution >= 0.6 is 0 Å². The van der Waals surface area contributed by atoms with Gasteiger partial charge < -0.3 is 5.32 Å². The molecule has 0 spiro atoms. The first-order valence-corrected chi connectivity index (χ1v) is 9.58. The van der Waals surface area contributed by atoms with Gasteiger partial charge in [0.25, 0.3) is 5.91 Å². The molecule has 1 saturated carbocycles. The largest absolute Gasteiger partial charge is 0.350 e. The smallest absolute Gasteiger partial charge is 0.253 e. The summed E-state index contributed by atoms with van der Waals surface area (Å²) in [5.74, 6) is 0.0296. The number of piperidine rings is 1. The lowest BCUT2D eigenvalue weighted by molar-refractivity contribution is 0.0326. The van der Waals surface area contributed by atoms with Crippen LogP contribution in [0.3, 0.4) is 0 Å². The molecule has 4 nitrogen and oxygen atoms in total. The van der Waals surface area contributed by atoms with E-state index >= 15 is 0 Å². The monoisotopic (exact) mass is 329 g/mol. The fourth-order valence-electron chi connectivity index (χ4n) is 4.45. The Morgan fingerprint density at radius 2 is 1.75 bits per heavy atom. The second-order valence-electron chi connectivity index (χ2n) is 7.60. The van der Waals surface area contributed by atoms with Crippen LogP contribution in [0, 0.1) is 13.8 Å². The first-order chi connectivity index (χ1) is 11.6. The summed E-state index contributed by atoms with van der Waals surface area (Å²) in [5, 5.41) is 3.25. The molecule has 0 atom stereocenters. The minimum Gasteiger partial charge on any atom is -0.350 e. The number of rotatable bonds is 4. The van der Waals surface area contributed by atoms with E-state index in [-0.39, 0.29) is 11.4 Å². The number of amides is 1. The van der Waals surface area contributed by atoms with E-state index in [0.717, 1.165) is 17.9 Å². The van der Waals surface area contributed by atoms with Crippen molar-refractivity contribution in [2.45, 2.75) is 70.8 Å². The van der Waals surface area contributed by atoms with Crippen LogP contribution < -0.4 is 5.32 Å². The average Bonchev–Trinajstić information content (AvgIpc) is 2.61. The molecule has 1 aliphatic carbocycles. The maximum absolute atomic E-state index is 12.7. The summed E-state index contributed by atoms with van der Waals surface area (Å²) in [4.78, 5) is 19.8. The molecule has 1 N–H and O–H groups in total. The number of aryl methyl sites for hydroxylation is 2. The van der Waals surface area contributed by atoms with E-state index in [2.05, 4.69) is 15.2 Å². The third-order valence-electron chi connectivity index (χ3n) is 5.86. The van der Waals surface area contributed by atoms with E-state index in [1.165, 1.54) is 64.5 Å². The number of hydrogen-bond donors (Lipinski definition) is 1. The van der Waals surface area contributed by atoms with Crippen LogP contribution in [0.15, 0.2) is 12.1 Å². The van der Waals surface area contributed by atoms with Crippen molar-refractivity contribution >= 4 is 5.91 Å². The number of aromatic nitrogens is 1. The van der Waals surface area contributed by atoms with E-state index in [9.17, 15) is 4.79 Å². The second kappa shape index (κ2) is 7.64. The highest BCUT2D eigenvalue weighted by Gasteiger charge is 2.38. The lowest BCUT2D eigenvalue weighted by Crippen LogP contribution is -2.58. The minimum atomic E-state index is 0.0296. The molecule has 1 saturated heterocycles. The Morgan fingerprint density at radius 1 is 1.08 bits per heavy atom. The standard InChI is InChI=1S/C20H31N3O/c1-16-9-10-18(17(2)22-16)19(24)21-15-20(11-5-3-6-12-20)23-13-7-4-8-14-23/h9-10H,3-8,11-15H2,1-2H3,(H,21,24). The fraction of sp³-hybridized carbons (Fsp3) is 0.700. The number of pyridine rings is 1. The molecule has 1 aromatic heterocycles. The molecule has 0 bridgehead atoms. The second-order valence-corrected chi connectivity index (χ2v) is 7.60. The molecule has 4 heteroatoms. The quantitative estimate of drug-likeness (QED) is 0.918. The van der Waals surface area contributed by atoms with Crippen LogP contribution in [-0.2, 0) is 0 Å². The van der Waals surface area contributed by atoms with Crippen LogP contribution in [0.4, 0.5) is 0 Å². The molecule has 2 fully saturated rings. The summed E-state index contributed by atoms with van der Waals surface area (Å²) in [7, 11) is 0. The van der Waals surface area contributed by atoms with Gasteiger partial charge in [-0.05, 0) is 64.8 Å². The number of carbonyl (C=O) groups excluding carboxylic acids is 1. The SMILES string of the molecule is Cc1ccc(C(=O)NCC2(N3CCCCC3)CCCCC2)c(C)n1. The summed E-state index contributed by atoms with van der Waals surface area (Å²) in [6, 6.07) is 3.82. The molecule has 0 aromatic carbocycles. The summed E-state index contributed by atoms with van der Waals surface area (Å²) >= 11 is 0. The maximum atomic E-state index is 12.7. The van der Waals surface area contributed by atoms with E-state index in [1.807, 2.05) is 26.0 Å². The van der Waals surface area contributed by atoms with Gasteiger partial charge in [-0.3, -0.25) is 14.7 Å². The lowest BCUT2D eigenvalue weighted by atomic mass is 9.79. The van der Waals surface area contributed by atoms with Crippen molar-refractivity contribution < 1.29 is 4.79 Å². The normalized spacial score (nSPS) is 21.4. The lowest BCUT2D eigenvalue weighted by Gasteiger charge is -2.48. The van der Waals surface area contributed by atoms with Gasteiger partial charge >= 0.3 is 0 Å². The van der Waals surface area contributed by atoms with Crippen LogP contribution in [0.25, 0.3) is 0 Å². The van der Waals surface area contributed by atoms with E-state index in [0.29, 0.717) is 5.56 Å². The summed E-state index contributed by atoms with van der Waals surface area (Å²) in [6.07, 6.45) is 10.3. The van der Waals surface area contributed by atoms with Gasteiger partial charge in [0.05, 0.1) is 11.3 Å². The Morgan fingerprint density at radius 3 is 2.42 bits per heavy atom. The molecule has 0 radical (unpaired) electrons. The molecule has 1 aliphatic heterocycles. The minimum absolute atomic E-state index is 0.0296. The van der Waals surface area contributed by atoms with Crippen molar-refractivity contribution in [3.63, 3.8) is 0 Å². The molecular formula is C20H31N3O. The number of nitrogens with zero attached hydrogens (tertiary/aromatic N) is 2. The number of hydrogen-bond acceptors (Lipinski definition) is 3. The first-order valence-electron chi connectivity index (χ1n) is 9.58. The highest BCUT2D eigenvalue weighted by molar-refractivity contribution is 5.95. The Hall–Kier alpha value is -1.42.